The molecule has 0 aliphatic heterocycles. The molecule has 0 spiro atoms. The van der Waals surface area contributed by atoms with E-state index in [0.717, 1.165) is 11.3 Å². The van der Waals surface area contributed by atoms with Gasteiger partial charge in [0.15, 0.2) is 6.29 Å². The molecule has 1 unspecified atom stereocenters. The van der Waals surface area contributed by atoms with E-state index in [9.17, 15) is 5.11 Å². The molecule has 1 aromatic rings. The number of ether oxygens (including phenoxy) is 2. The van der Waals surface area contributed by atoms with Crippen LogP contribution in [0.15, 0.2) is 24.3 Å². The van der Waals surface area contributed by atoms with Gasteiger partial charge in [0.1, 0.15) is 0 Å². The molecule has 1 rings (SSSR count). The van der Waals surface area contributed by atoms with Gasteiger partial charge in [-0.15, -0.1) is 0 Å². The predicted octanol–water partition coefficient (Wildman–Crippen LogP) is 1.77. The van der Waals surface area contributed by atoms with Gasteiger partial charge in [-0.25, -0.2) is 0 Å². The third-order valence-electron chi connectivity index (χ3n) is 2.40. The van der Waals surface area contributed by atoms with Crippen molar-refractivity contribution in [1.29, 1.82) is 0 Å². The maximum absolute atomic E-state index is 9.58. The molecule has 0 saturated heterocycles. The second kappa shape index (κ2) is 6.48. The lowest BCUT2D eigenvalue weighted by Gasteiger charge is -2.18. The van der Waals surface area contributed by atoms with E-state index in [1.807, 2.05) is 24.3 Å². The first-order valence-corrected chi connectivity index (χ1v) is 5.25. The number of hydrogen-bond acceptors (Lipinski definition) is 4. The molecule has 2 N–H and O–H groups in total. The average Bonchev–Trinajstić information content (AvgIpc) is 2.30. The minimum absolute atomic E-state index is 0.290. The van der Waals surface area contributed by atoms with Crippen molar-refractivity contribution in [3.05, 3.63) is 29.8 Å². The molecule has 90 valence electrons. The average molecular weight is 225 g/mol. The first-order valence-electron chi connectivity index (χ1n) is 5.25. The molecule has 0 aliphatic carbocycles. The number of aliphatic hydroxyl groups is 1. The van der Waals surface area contributed by atoms with Gasteiger partial charge in [-0.05, 0) is 13.0 Å². The van der Waals surface area contributed by atoms with E-state index in [1.54, 1.807) is 21.1 Å². The Morgan fingerprint density at radius 3 is 2.44 bits per heavy atom. The summed E-state index contributed by atoms with van der Waals surface area (Å²) in [6, 6.07) is 7.63. The molecule has 0 bridgehead atoms. The summed E-state index contributed by atoms with van der Waals surface area (Å²) in [5.41, 5.74) is 1.77. The molecule has 16 heavy (non-hydrogen) atoms. The summed E-state index contributed by atoms with van der Waals surface area (Å²) in [6.45, 7) is 2.28. The Kier molecular flexibility index (Phi) is 5.25. The number of benzene rings is 1. The van der Waals surface area contributed by atoms with Gasteiger partial charge in [0.2, 0.25) is 0 Å². The second-order valence-corrected chi connectivity index (χ2v) is 3.55. The van der Waals surface area contributed by atoms with Crippen LogP contribution in [0.3, 0.4) is 0 Å². The number of methoxy groups -OCH3 is 2. The van der Waals surface area contributed by atoms with Gasteiger partial charge in [-0.3, -0.25) is 0 Å². The van der Waals surface area contributed by atoms with E-state index in [0.29, 0.717) is 6.54 Å². The predicted molar refractivity (Wildman–Crippen MR) is 63.4 cm³/mol. The maximum Gasteiger partial charge on any atom is 0.173 e. The van der Waals surface area contributed by atoms with Gasteiger partial charge in [-0.2, -0.15) is 0 Å². The number of anilines is 1. The summed E-state index contributed by atoms with van der Waals surface area (Å²) in [5.74, 6) is 0. The minimum Gasteiger partial charge on any atom is -0.389 e. The van der Waals surface area contributed by atoms with Crippen LogP contribution in [0.5, 0.6) is 0 Å². The Morgan fingerprint density at radius 1 is 1.25 bits per heavy atom. The van der Waals surface area contributed by atoms with Crippen molar-refractivity contribution in [2.75, 3.05) is 26.1 Å². The van der Waals surface area contributed by atoms with Crippen molar-refractivity contribution < 1.29 is 14.6 Å². The summed E-state index contributed by atoms with van der Waals surface area (Å²) in [4.78, 5) is 0. The van der Waals surface area contributed by atoms with Crippen molar-refractivity contribution in [2.45, 2.75) is 19.3 Å². The first kappa shape index (κ1) is 13.0. The molecule has 0 aliphatic rings. The topological polar surface area (TPSA) is 50.7 Å². The number of para-hydroxylation sites is 1. The van der Waals surface area contributed by atoms with Crippen LogP contribution in [0.1, 0.15) is 18.6 Å². The number of aliphatic hydroxyl groups excluding tert-OH is 1. The van der Waals surface area contributed by atoms with Crippen LogP contribution in [-0.2, 0) is 9.47 Å². The lowest BCUT2D eigenvalue weighted by atomic mass is 10.1. The third kappa shape index (κ3) is 3.48. The van der Waals surface area contributed by atoms with Crippen molar-refractivity contribution in [1.82, 2.24) is 0 Å². The van der Waals surface area contributed by atoms with Crippen LogP contribution < -0.4 is 5.32 Å². The quantitative estimate of drug-likeness (QED) is 0.724. The Balaban J connectivity index is 2.66. The minimum atomic E-state index is -0.493. The Labute approximate surface area is 96.2 Å². The molecular formula is C12H19NO3. The molecule has 1 aromatic carbocycles. The summed E-state index contributed by atoms with van der Waals surface area (Å²) in [5, 5.41) is 12.8. The molecule has 4 nitrogen and oxygen atoms in total. The number of hydrogen-bond donors (Lipinski definition) is 2. The number of nitrogens with one attached hydrogen (secondary N) is 1. The molecule has 0 fully saturated rings. The van der Waals surface area contributed by atoms with Crippen LogP contribution in [0.4, 0.5) is 5.69 Å². The Morgan fingerprint density at radius 2 is 1.88 bits per heavy atom. The van der Waals surface area contributed by atoms with Gasteiger partial charge in [0.25, 0.3) is 0 Å². The monoisotopic (exact) mass is 225 g/mol. The van der Waals surface area contributed by atoms with Gasteiger partial charge < -0.3 is 19.9 Å². The normalized spacial score (nSPS) is 12.8. The fraction of sp³-hybridized carbons (Fsp3) is 0.500. The highest BCUT2D eigenvalue weighted by Crippen LogP contribution is 2.22. The summed E-state index contributed by atoms with van der Waals surface area (Å²) in [7, 11) is 3.19. The van der Waals surface area contributed by atoms with E-state index in [1.165, 1.54) is 0 Å². The van der Waals surface area contributed by atoms with Crippen LogP contribution in [0, 0.1) is 0 Å². The Hall–Kier alpha value is -1.10. The molecular weight excluding hydrogens is 206 g/mol. The third-order valence-corrected chi connectivity index (χ3v) is 2.40. The fourth-order valence-electron chi connectivity index (χ4n) is 1.48. The van der Waals surface area contributed by atoms with E-state index in [2.05, 4.69) is 5.32 Å². The smallest absolute Gasteiger partial charge is 0.173 e. The molecule has 4 heteroatoms. The van der Waals surface area contributed by atoms with Crippen LogP contribution in [0.25, 0.3) is 0 Å². The van der Waals surface area contributed by atoms with Crippen molar-refractivity contribution in [3.8, 4) is 0 Å². The lowest BCUT2D eigenvalue weighted by molar-refractivity contribution is -0.0914. The lowest BCUT2D eigenvalue weighted by Crippen LogP contribution is -2.24. The van der Waals surface area contributed by atoms with Crippen molar-refractivity contribution in [2.24, 2.45) is 0 Å². The second-order valence-electron chi connectivity index (χ2n) is 3.55. The summed E-state index contributed by atoms with van der Waals surface area (Å²) in [6.07, 6.45) is -0.783. The Bertz CT molecular complexity index is 311. The fourth-order valence-corrected chi connectivity index (χ4v) is 1.48. The van der Waals surface area contributed by atoms with Crippen molar-refractivity contribution in [3.63, 3.8) is 0 Å². The zero-order valence-corrected chi connectivity index (χ0v) is 9.93. The van der Waals surface area contributed by atoms with E-state index >= 15 is 0 Å². The molecule has 0 radical (unpaired) electrons. The highest BCUT2D eigenvalue weighted by Gasteiger charge is 2.09. The number of rotatable bonds is 6. The van der Waals surface area contributed by atoms with E-state index in [4.69, 9.17) is 9.47 Å². The SMILES string of the molecule is COC(CNc1ccccc1C(C)O)OC. The van der Waals surface area contributed by atoms with Gasteiger partial charge in [0.05, 0.1) is 12.6 Å². The van der Waals surface area contributed by atoms with Gasteiger partial charge in [-0.1, -0.05) is 18.2 Å². The van der Waals surface area contributed by atoms with Gasteiger partial charge in [0, 0.05) is 25.5 Å². The zero-order valence-electron chi connectivity index (χ0n) is 9.93. The summed E-state index contributed by atoms with van der Waals surface area (Å²) < 4.78 is 10.1. The highest BCUT2D eigenvalue weighted by molar-refractivity contribution is 5.52. The van der Waals surface area contributed by atoms with E-state index < -0.39 is 6.10 Å². The van der Waals surface area contributed by atoms with Crippen LogP contribution in [0.2, 0.25) is 0 Å². The standard InChI is InChI=1S/C12H19NO3/c1-9(14)10-6-4-5-7-11(10)13-8-12(15-2)16-3/h4-7,9,12-14H,8H2,1-3H3. The maximum atomic E-state index is 9.58. The van der Waals surface area contributed by atoms with E-state index in [-0.39, 0.29) is 6.29 Å². The molecule has 0 amide bonds. The van der Waals surface area contributed by atoms with Gasteiger partial charge >= 0.3 is 0 Å². The molecule has 1 atom stereocenters. The molecule has 0 heterocycles. The van der Waals surface area contributed by atoms with Crippen LogP contribution in [-0.4, -0.2) is 32.2 Å². The van der Waals surface area contributed by atoms with Crippen molar-refractivity contribution >= 4 is 5.69 Å². The first-order chi connectivity index (χ1) is 7.69. The largest absolute Gasteiger partial charge is 0.389 e. The zero-order chi connectivity index (χ0) is 12.0. The van der Waals surface area contributed by atoms with Crippen LogP contribution >= 0.6 is 0 Å². The highest BCUT2D eigenvalue weighted by atomic mass is 16.7. The molecule has 0 saturated carbocycles. The molecule has 0 aromatic heterocycles. The summed E-state index contributed by atoms with van der Waals surface area (Å²) >= 11 is 0.